The molecule has 0 aliphatic heterocycles. The number of hydrogen-bond acceptors (Lipinski definition) is 2. The van der Waals surface area contributed by atoms with Crippen molar-refractivity contribution >= 4 is 17.4 Å². The molecule has 13 heavy (non-hydrogen) atoms. The van der Waals surface area contributed by atoms with Gasteiger partial charge in [-0.25, -0.2) is 0 Å². The van der Waals surface area contributed by atoms with E-state index in [9.17, 15) is 0 Å². The Hall–Kier alpha value is -1.25. The number of rotatable bonds is 4. The van der Waals surface area contributed by atoms with Crippen molar-refractivity contribution in [3.8, 4) is 0 Å². The summed E-state index contributed by atoms with van der Waals surface area (Å²) >= 11 is 1.74. The van der Waals surface area contributed by atoms with Crippen LogP contribution in [0, 0.1) is 6.92 Å². The van der Waals surface area contributed by atoms with Gasteiger partial charge in [-0.2, -0.15) is 0 Å². The molecule has 0 spiro atoms. The van der Waals surface area contributed by atoms with Crippen molar-refractivity contribution in [3.05, 3.63) is 38.4 Å². The molecule has 0 aliphatic carbocycles. The molecule has 0 saturated carbocycles. The molecule has 0 bridgehead atoms. The van der Waals surface area contributed by atoms with Gasteiger partial charge < -0.3 is 0 Å². The minimum absolute atomic E-state index is 0.538. The maximum Gasteiger partial charge on any atom is 0.0292 e. The Kier molecular flexibility index (Phi) is 4.09. The summed E-state index contributed by atoms with van der Waals surface area (Å²) in [6.45, 7) is 2.63. The van der Waals surface area contributed by atoms with Gasteiger partial charge in [0.15, 0.2) is 0 Å². The first-order valence-electron chi connectivity index (χ1n) is 4.06. The van der Waals surface area contributed by atoms with Gasteiger partial charge >= 0.3 is 0 Å². The maximum absolute atomic E-state index is 8.03. The summed E-state index contributed by atoms with van der Waals surface area (Å²) in [5, 5.41) is 5.52. The van der Waals surface area contributed by atoms with Gasteiger partial charge in [-0.3, -0.25) is 0 Å². The fourth-order valence-electron chi connectivity index (χ4n) is 0.955. The first-order chi connectivity index (χ1) is 6.34. The van der Waals surface area contributed by atoms with Crippen LogP contribution in [0.3, 0.4) is 0 Å². The average Bonchev–Trinajstić information content (AvgIpc) is 2.52. The molecule has 1 rings (SSSR count). The number of azide groups is 1. The third-order valence-corrected chi connectivity index (χ3v) is 2.52. The summed E-state index contributed by atoms with van der Waals surface area (Å²) in [5.41, 5.74) is 9.29. The molecular weight excluding hydrogens is 182 g/mol. The molecule has 1 heterocycles. The van der Waals surface area contributed by atoms with E-state index in [0.717, 1.165) is 6.42 Å². The van der Waals surface area contributed by atoms with Crippen LogP contribution in [0.5, 0.6) is 0 Å². The van der Waals surface area contributed by atoms with Gasteiger partial charge in [0.05, 0.1) is 0 Å². The second-order valence-electron chi connectivity index (χ2n) is 2.58. The van der Waals surface area contributed by atoms with Gasteiger partial charge in [0.25, 0.3) is 0 Å². The zero-order valence-electron chi connectivity index (χ0n) is 7.47. The van der Waals surface area contributed by atoms with Crippen LogP contribution < -0.4 is 0 Å². The SMILES string of the molecule is Cc1sccc1C=CCCN=[N+]=[N-]. The van der Waals surface area contributed by atoms with E-state index < -0.39 is 0 Å². The van der Waals surface area contributed by atoms with Crippen molar-refractivity contribution in [1.82, 2.24) is 0 Å². The van der Waals surface area contributed by atoms with Crippen molar-refractivity contribution in [3.63, 3.8) is 0 Å². The van der Waals surface area contributed by atoms with Crippen molar-refractivity contribution in [2.45, 2.75) is 13.3 Å². The fourth-order valence-corrected chi connectivity index (χ4v) is 1.65. The highest BCUT2D eigenvalue weighted by Gasteiger charge is 1.92. The van der Waals surface area contributed by atoms with Crippen molar-refractivity contribution in [2.75, 3.05) is 6.54 Å². The first-order valence-corrected chi connectivity index (χ1v) is 4.94. The summed E-state index contributed by atoms with van der Waals surface area (Å²) in [4.78, 5) is 4.00. The quantitative estimate of drug-likeness (QED) is 0.302. The molecule has 0 amide bonds. The molecule has 0 radical (unpaired) electrons. The van der Waals surface area contributed by atoms with E-state index in [1.807, 2.05) is 6.08 Å². The molecule has 0 N–H and O–H groups in total. The molecule has 0 saturated heterocycles. The topological polar surface area (TPSA) is 48.8 Å². The summed E-state index contributed by atoms with van der Waals surface area (Å²) in [5.74, 6) is 0. The minimum atomic E-state index is 0.538. The van der Waals surface area contributed by atoms with Gasteiger partial charge in [-0.1, -0.05) is 17.3 Å². The Morgan fingerprint density at radius 3 is 3.15 bits per heavy atom. The lowest BCUT2D eigenvalue weighted by Crippen LogP contribution is -1.73. The smallest absolute Gasteiger partial charge is 0.0292 e. The number of hydrogen-bond donors (Lipinski definition) is 0. The monoisotopic (exact) mass is 193 g/mol. The van der Waals surface area contributed by atoms with Gasteiger partial charge in [-0.15, -0.1) is 11.3 Å². The molecule has 1 aromatic heterocycles. The highest BCUT2D eigenvalue weighted by atomic mass is 32.1. The van der Waals surface area contributed by atoms with Crippen molar-refractivity contribution in [2.24, 2.45) is 5.11 Å². The van der Waals surface area contributed by atoms with Crippen molar-refractivity contribution < 1.29 is 0 Å². The van der Waals surface area contributed by atoms with E-state index in [-0.39, 0.29) is 0 Å². The van der Waals surface area contributed by atoms with Crippen LogP contribution in [0.2, 0.25) is 0 Å². The zero-order chi connectivity index (χ0) is 9.52. The lowest BCUT2D eigenvalue weighted by atomic mass is 10.2. The molecule has 0 unspecified atom stereocenters. The van der Waals surface area contributed by atoms with Gasteiger partial charge in [-0.05, 0) is 35.9 Å². The molecule has 0 aliphatic rings. The summed E-state index contributed by atoms with van der Waals surface area (Å²) in [6, 6.07) is 2.09. The second kappa shape index (κ2) is 5.41. The number of nitrogens with zero attached hydrogens (tertiary/aromatic N) is 3. The maximum atomic E-state index is 8.03. The number of thiophene rings is 1. The Labute approximate surface area is 81.3 Å². The van der Waals surface area contributed by atoms with Crippen LogP contribution in [-0.2, 0) is 0 Å². The van der Waals surface area contributed by atoms with Crippen LogP contribution in [0.4, 0.5) is 0 Å². The standard InChI is InChI=1S/C9H11N3S/c1-8-9(5-7-13-8)4-2-3-6-11-12-10/h2,4-5,7H,3,6H2,1H3. The van der Waals surface area contributed by atoms with Gasteiger partial charge in [0.2, 0.25) is 0 Å². The Morgan fingerprint density at radius 2 is 2.54 bits per heavy atom. The van der Waals surface area contributed by atoms with E-state index in [1.165, 1.54) is 10.4 Å². The molecule has 3 nitrogen and oxygen atoms in total. The molecule has 0 fully saturated rings. The molecule has 0 atom stereocenters. The molecule has 68 valence electrons. The molecule has 4 heteroatoms. The third-order valence-electron chi connectivity index (χ3n) is 1.66. The Morgan fingerprint density at radius 1 is 1.69 bits per heavy atom. The normalized spacial score (nSPS) is 10.2. The molecular formula is C9H11N3S. The van der Waals surface area contributed by atoms with Crippen molar-refractivity contribution in [1.29, 1.82) is 0 Å². The van der Waals surface area contributed by atoms with Crippen LogP contribution in [-0.4, -0.2) is 6.54 Å². The van der Waals surface area contributed by atoms with Gasteiger partial charge in [0, 0.05) is 16.3 Å². The fraction of sp³-hybridized carbons (Fsp3) is 0.333. The zero-order valence-corrected chi connectivity index (χ0v) is 8.29. The lowest BCUT2D eigenvalue weighted by Gasteiger charge is -1.88. The first kappa shape index (κ1) is 9.84. The third kappa shape index (κ3) is 3.32. The lowest BCUT2D eigenvalue weighted by molar-refractivity contribution is 0.995. The largest absolute Gasteiger partial charge is 0.149 e. The summed E-state index contributed by atoms with van der Waals surface area (Å²) in [6.07, 6.45) is 4.90. The van der Waals surface area contributed by atoms with Crippen LogP contribution in [0.1, 0.15) is 16.9 Å². The minimum Gasteiger partial charge on any atom is -0.149 e. The Bertz CT molecular complexity index is 334. The van der Waals surface area contributed by atoms with E-state index in [2.05, 4.69) is 34.5 Å². The van der Waals surface area contributed by atoms with Crippen LogP contribution in [0.15, 0.2) is 22.6 Å². The second-order valence-corrected chi connectivity index (χ2v) is 3.70. The van der Waals surface area contributed by atoms with Gasteiger partial charge in [0.1, 0.15) is 0 Å². The summed E-state index contributed by atoms with van der Waals surface area (Å²) < 4.78 is 0. The highest BCUT2D eigenvalue weighted by Crippen LogP contribution is 2.16. The number of aryl methyl sites for hydroxylation is 1. The van der Waals surface area contributed by atoms with Crippen LogP contribution >= 0.6 is 11.3 Å². The molecule has 1 aromatic rings. The van der Waals surface area contributed by atoms with E-state index in [4.69, 9.17) is 5.53 Å². The molecule has 0 aromatic carbocycles. The predicted molar refractivity (Wildman–Crippen MR) is 56.7 cm³/mol. The summed E-state index contributed by atoms with van der Waals surface area (Å²) in [7, 11) is 0. The highest BCUT2D eigenvalue weighted by molar-refractivity contribution is 7.10. The van der Waals surface area contributed by atoms with Crippen LogP contribution in [0.25, 0.3) is 16.5 Å². The Balaban J connectivity index is 2.40. The average molecular weight is 193 g/mol. The predicted octanol–water partition coefficient (Wildman–Crippen LogP) is 3.77. The van der Waals surface area contributed by atoms with E-state index in [0.29, 0.717) is 6.54 Å². The van der Waals surface area contributed by atoms with E-state index in [1.54, 1.807) is 11.3 Å². The van der Waals surface area contributed by atoms with E-state index >= 15 is 0 Å².